The molecule has 15 heavy (non-hydrogen) atoms. The van der Waals surface area contributed by atoms with Crippen LogP contribution in [0.4, 0.5) is 0 Å². The van der Waals surface area contributed by atoms with Crippen molar-refractivity contribution >= 4 is 5.91 Å². The molecule has 1 amide bonds. The summed E-state index contributed by atoms with van der Waals surface area (Å²) < 4.78 is 5.20. The molecule has 1 unspecified atom stereocenters. The second-order valence-electron chi connectivity index (χ2n) is 4.31. The van der Waals surface area contributed by atoms with Gasteiger partial charge in [-0.25, -0.2) is 0 Å². The number of furan rings is 1. The van der Waals surface area contributed by atoms with Crippen molar-refractivity contribution in [3.63, 3.8) is 0 Å². The fourth-order valence-electron chi connectivity index (χ4n) is 1.51. The molecule has 82 valence electrons. The Kier molecular flexibility index (Phi) is 2.52. The van der Waals surface area contributed by atoms with Crippen LogP contribution in [0.1, 0.15) is 25.5 Å². The fraction of sp³-hybridized carbons (Fsp3) is 0.545. The molecule has 4 nitrogen and oxygen atoms in total. The van der Waals surface area contributed by atoms with E-state index in [2.05, 4.69) is 5.32 Å². The van der Waals surface area contributed by atoms with Gasteiger partial charge in [-0.2, -0.15) is 0 Å². The highest BCUT2D eigenvalue weighted by Gasteiger charge is 2.46. The van der Waals surface area contributed by atoms with Gasteiger partial charge in [0.05, 0.1) is 11.8 Å². The molecule has 1 heterocycles. The Morgan fingerprint density at radius 1 is 1.73 bits per heavy atom. The first-order valence-electron chi connectivity index (χ1n) is 5.22. The molecule has 3 N–H and O–H groups in total. The summed E-state index contributed by atoms with van der Waals surface area (Å²) in [6.07, 6.45) is 3.93. The topological polar surface area (TPSA) is 68.3 Å². The highest BCUT2D eigenvalue weighted by molar-refractivity contribution is 5.89. The van der Waals surface area contributed by atoms with E-state index in [9.17, 15) is 4.79 Å². The van der Waals surface area contributed by atoms with E-state index in [4.69, 9.17) is 10.2 Å². The Balaban J connectivity index is 1.82. The van der Waals surface area contributed by atoms with Crippen LogP contribution in [0, 0.1) is 0 Å². The lowest BCUT2D eigenvalue weighted by Gasteiger charge is -2.15. The van der Waals surface area contributed by atoms with Crippen molar-refractivity contribution in [3.8, 4) is 0 Å². The number of carbonyl (C=O) groups excluding carboxylic acids is 1. The number of hydrogen-bond acceptors (Lipinski definition) is 3. The summed E-state index contributed by atoms with van der Waals surface area (Å²) in [5.74, 6) is 0.839. The first-order chi connectivity index (χ1) is 7.10. The van der Waals surface area contributed by atoms with E-state index < -0.39 is 5.54 Å². The average molecular weight is 208 g/mol. The molecule has 0 saturated heterocycles. The second-order valence-corrected chi connectivity index (χ2v) is 4.31. The lowest BCUT2D eigenvalue weighted by molar-refractivity contribution is -0.123. The van der Waals surface area contributed by atoms with Crippen LogP contribution in [0.15, 0.2) is 22.8 Å². The Hall–Kier alpha value is -1.29. The minimum absolute atomic E-state index is 0.0402. The molecular weight excluding hydrogens is 192 g/mol. The zero-order chi connectivity index (χ0) is 10.9. The minimum Gasteiger partial charge on any atom is -0.469 e. The summed E-state index contributed by atoms with van der Waals surface area (Å²) in [5.41, 5.74) is 5.19. The molecule has 1 aliphatic rings. The molecule has 4 heteroatoms. The molecule has 0 spiro atoms. The number of carbonyl (C=O) groups is 1. The molecule has 0 aliphatic heterocycles. The van der Waals surface area contributed by atoms with Crippen LogP contribution >= 0.6 is 0 Å². The molecule has 1 fully saturated rings. The van der Waals surface area contributed by atoms with Crippen LogP contribution in [-0.2, 0) is 11.2 Å². The number of nitrogens with two attached hydrogens (primary N) is 1. The van der Waals surface area contributed by atoms with Crippen molar-refractivity contribution in [2.45, 2.75) is 37.8 Å². The molecule has 1 atom stereocenters. The molecule has 1 aliphatic carbocycles. The first-order valence-corrected chi connectivity index (χ1v) is 5.22. The summed E-state index contributed by atoms with van der Waals surface area (Å²) >= 11 is 0. The van der Waals surface area contributed by atoms with Gasteiger partial charge in [0.1, 0.15) is 5.76 Å². The van der Waals surface area contributed by atoms with Crippen LogP contribution in [0.2, 0.25) is 0 Å². The zero-order valence-electron chi connectivity index (χ0n) is 8.82. The van der Waals surface area contributed by atoms with E-state index in [1.807, 2.05) is 19.1 Å². The molecule has 0 bridgehead atoms. The largest absolute Gasteiger partial charge is 0.469 e. The van der Waals surface area contributed by atoms with Crippen molar-refractivity contribution in [2.75, 3.05) is 0 Å². The van der Waals surface area contributed by atoms with Crippen LogP contribution < -0.4 is 11.1 Å². The minimum atomic E-state index is -0.586. The highest BCUT2D eigenvalue weighted by atomic mass is 16.3. The van der Waals surface area contributed by atoms with E-state index >= 15 is 0 Å². The highest BCUT2D eigenvalue weighted by Crippen LogP contribution is 2.32. The van der Waals surface area contributed by atoms with E-state index in [1.54, 1.807) is 6.26 Å². The lowest BCUT2D eigenvalue weighted by atomic mass is 10.1. The van der Waals surface area contributed by atoms with Gasteiger partial charge in [0.2, 0.25) is 5.91 Å². The number of rotatable bonds is 4. The van der Waals surface area contributed by atoms with Gasteiger partial charge in [0.15, 0.2) is 0 Å². The summed E-state index contributed by atoms with van der Waals surface area (Å²) in [4.78, 5) is 11.6. The van der Waals surface area contributed by atoms with Crippen molar-refractivity contribution in [2.24, 2.45) is 5.73 Å². The molecule has 0 radical (unpaired) electrons. The van der Waals surface area contributed by atoms with Crippen molar-refractivity contribution in [1.82, 2.24) is 5.32 Å². The van der Waals surface area contributed by atoms with Crippen LogP contribution in [0.25, 0.3) is 0 Å². The van der Waals surface area contributed by atoms with Crippen LogP contribution in [0.5, 0.6) is 0 Å². The van der Waals surface area contributed by atoms with Gasteiger partial charge in [-0.15, -0.1) is 0 Å². The van der Waals surface area contributed by atoms with Crippen molar-refractivity contribution < 1.29 is 9.21 Å². The Labute approximate surface area is 88.8 Å². The molecular formula is C11H16N2O2. The molecule has 1 saturated carbocycles. The van der Waals surface area contributed by atoms with E-state index in [0.29, 0.717) is 6.42 Å². The molecule has 1 aromatic rings. The van der Waals surface area contributed by atoms with Gasteiger partial charge in [-0.05, 0) is 31.9 Å². The monoisotopic (exact) mass is 208 g/mol. The van der Waals surface area contributed by atoms with Gasteiger partial charge in [0.25, 0.3) is 0 Å². The van der Waals surface area contributed by atoms with Crippen LogP contribution in [-0.4, -0.2) is 17.5 Å². The third kappa shape index (κ3) is 2.39. The van der Waals surface area contributed by atoms with Crippen molar-refractivity contribution in [1.29, 1.82) is 0 Å². The number of hydrogen-bond donors (Lipinski definition) is 2. The SMILES string of the molecule is CC(Cc1ccco1)NC(=O)C1(N)CC1. The van der Waals surface area contributed by atoms with E-state index in [-0.39, 0.29) is 11.9 Å². The summed E-state index contributed by atoms with van der Waals surface area (Å²) in [6.45, 7) is 1.95. The standard InChI is InChI=1S/C11H16N2O2/c1-8(7-9-3-2-6-15-9)13-10(14)11(12)4-5-11/h2-3,6,8H,4-5,7,12H2,1H3,(H,13,14). The van der Waals surface area contributed by atoms with E-state index in [1.165, 1.54) is 0 Å². The Bertz CT molecular complexity index is 341. The third-order valence-corrected chi connectivity index (χ3v) is 2.71. The maximum absolute atomic E-state index is 11.6. The fourth-order valence-corrected chi connectivity index (χ4v) is 1.51. The lowest BCUT2D eigenvalue weighted by Crippen LogP contribution is -2.46. The second kappa shape index (κ2) is 3.70. The van der Waals surface area contributed by atoms with Gasteiger partial charge in [-0.3, -0.25) is 4.79 Å². The predicted molar refractivity (Wildman–Crippen MR) is 56.2 cm³/mol. The van der Waals surface area contributed by atoms with E-state index in [0.717, 1.165) is 18.6 Å². The predicted octanol–water partition coefficient (Wildman–Crippen LogP) is 0.818. The Morgan fingerprint density at radius 2 is 2.47 bits per heavy atom. The van der Waals surface area contributed by atoms with Gasteiger partial charge < -0.3 is 15.5 Å². The smallest absolute Gasteiger partial charge is 0.240 e. The maximum Gasteiger partial charge on any atom is 0.240 e. The summed E-state index contributed by atoms with van der Waals surface area (Å²) in [5, 5.41) is 2.90. The zero-order valence-corrected chi connectivity index (χ0v) is 8.82. The summed E-state index contributed by atoms with van der Waals surface area (Å²) in [6, 6.07) is 3.80. The maximum atomic E-state index is 11.6. The number of amides is 1. The molecule has 2 rings (SSSR count). The normalized spacial score (nSPS) is 19.6. The number of nitrogens with one attached hydrogen (secondary N) is 1. The van der Waals surface area contributed by atoms with Gasteiger partial charge >= 0.3 is 0 Å². The quantitative estimate of drug-likeness (QED) is 0.769. The Morgan fingerprint density at radius 3 is 3.00 bits per heavy atom. The third-order valence-electron chi connectivity index (χ3n) is 2.71. The van der Waals surface area contributed by atoms with Gasteiger partial charge in [-0.1, -0.05) is 0 Å². The average Bonchev–Trinajstić information content (AvgIpc) is 2.74. The first kappa shape index (κ1) is 10.2. The molecule has 0 aromatic carbocycles. The van der Waals surface area contributed by atoms with Crippen LogP contribution in [0.3, 0.4) is 0 Å². The summed E-state index contributed by atoms with van der Waals surface area (Å²) in [7, 11) is 0. The van der Waals surface area contributed by atoms with Crippen molar-refractivity contribution in [3.05, 3.63) is 24.2 Å². The molecule has 1 aromatic heterocycles. The van der Waals surface area contributed by atoms with Gasteiger partial charge in [0, 0.05) is 12.5 Å².